The summed E-state index contributed by atoms with van der Waals surface area (Å²) < 4.78 is 24.3. The molecule has 1 heterocycles. The van der Waals surface area contributed by atoms with E-state index in [2.05, 4.69) is 11.6 Å². The summed E-state index contributed by atoms with van der Waals surface area (Å²) in [5.41, 5.74) is 0.703. The van der Waals surface area contributed by atoms with Crippen LogP contribution >= 0.6 is 11.8 Å². The second kappa shape index (κ2) is 9.93. The maximum absolute atomic E-state index is 14.1. The summed E-state index contributed by atoms with van der Waals surface area (Å²) in [5.74, 6) is -0.967. The van der Waals surface area contributed by atoms with Gasteiger partial charge in [-0.2, -0.15) is 11.8 Å². The fourth-order valence-electron chi connectivity index (χ4n) is 1.97. The van der Waals surface area contributed by atoms with Crippen LogP contribution in [0.2, 0.25) is 0 Å². The van der Waals surface area contributed by atoms with E-state index in [0.29, 0.717) is 24.0 Å². The molecule has 0 aliphatic rings. The van der Waals surface area contributed by atoms with E-state index in [0.717, 1.165) is 0 Å². The minimum atomic E-state index is -0.554. The summed E-state index contributed by atoms with van der Waals surface area (Å²) in [6.07, 6.45) is 6.33. The van der Waals surface area contributed by atoms with Crippen molar-refractivity contribution >= 4 is 34.6 Å². The summed E-state index contributed by atoms with van der Waals surface area (Å²) in [7, 11) is 1.38. The van der Waals surface area contributed by atoms with E-state index in [1.165, 1.54) is 25.3 Å². The molecule has 1 aromatic carbocycles. The zero-order chi connectivity index (χ0) is 18.1. The maximum Gasteiger partial charge on any atom is 0.357 e. The van der Waals surface area contributed by atoms with Crippen molar-refractivity contribution in [3.63, 3.8) is 0 Å². The lowest BCUT2D eigenvalue weighted by atomic mass is 10.1. The molecule has 0 N–H and O–H groups in total. The van der Waals surface area contributed by atoms with Crippen LogP contribution in [0.3, 0.4) is 0 Å². The first-order valence-electron chi connectivity index (χ1n) is 7.40. The number of nitrogens with zero attached hydrogens (tertiary/aromatic N) is 1. The number of hydrogen-bond acceptors (Lipinski definition) is 5. The summed E-state index contributed by atoms with van der Waals surface area (Å²) in [4.78, 5) is 15.9. The van der Waals surface area contributed by atoms with E-state index >= 15 is 0 Å². The number of carbonyl (C=O) groups is 1. The van der Waals surface area contributed by atoms with E-state index < -0.39 is 11.8 Å². The Morgan fingerprint density at radius 2 is 2.04 bits per heavy atom. The molecular formula is C18H22FNO3S. The van der Waals surface area contributed by atoms with Crippen molar-refractivity contribution in [2.75, 3.05) is 26.2 Å². The number of rotatable bonds is 5. The second-order valence-corrected chi connectivity index (χ2v) is 5.68. The molecule has 0 atom stereocenters. The number of halogens is 1. The van der Waals surface area contributed by atoms with Crippen molar-refractivity contribution in [1.29, 1.82) is 0 Å². The topological polar surface area (TPSA) is 48.4 Å². The minimum absolute atomic E-state index is 0.0593. The largest absolute Gasteiger partial charge is 0.480 e. The van der Waals surface area contributed by atoms with Gasteiger partial charge < -0.3 is 9.47 Å². The van der Waals surface area contributed by atoms with Crippen molar-refractivity contribution in [3.05, 3.63) is 41.9 Å². The Kier molecular flexibility index (Phi) is 8.26. The lowest BCUT2D eigenvalue weighted by molar-refractivity contribution is 0.0497. The standard InChI is InChI=1S/C16H16FNO3.C2H6S/c1-4-6-21-16(19)13-9-11-7-10(5-2)8-12(17)14(11)15(18-13)20-3;1-3-2/h5,7-9H,2,4,6H2,1,3H3;1-2H3. The first-order chi connectivity index (χ1) is 11.5. The molecule has 0 aliphatic carbocycles. The van der Waals surface area contributed by atoms with Crippen LogP contribution < -0.4 is 4.74 Å². The van der Waals surface area contributed by atoms with E-state index in [4.69, 9.17) is 9.47 Å². The molecule has 0 spiro atoms. The lowest BCUT2D eigenvalue weighted by Gasteiger charge is -2.09. The number of thioether (sulfide) groups is 1. The van der Waals surface area contributed by atoms with Crippen LogP contribution in [0.25, 0.3) is 16.8 Å². The Morgan fingerprint density at radius 1 is 1.38 bits per heavy atom. The van der Waals surface area contributed by atoms with E-state index in [1.807, 2.05) is 19.4 Å². The fourth-order valence-corrected chi connectivity index (χ4v) is 1.97. The smallest absolute Gasteiger partial charge is 0.357 e. The molecular weight excluding hydrogens is 329 g/mol. The second-order valence-electron chi connectivity index (χ2n) is 4.87. The van der Waals surface area contributed by atoms with Crippen LogP contribution in [0.5, 0.6) is 5.88 Å². The fraction of sp³-hybridized carbons (Fsp3) is 0.333. The maximum atomic E-state index is 14.1. The highest BCUT2D eigenvalue weighted by molar-refractivity contribution is 7.97. The molecule has 24 heavy (non-hydrogen) atoms. The molecule has 1 aromatic heterocycles. The molecule has 0 unspecified atom stereocenters. The van der Waals surface area contributed by atoms with Crippen LogP contribution in [0.4, 0.5) is 4.39 Å². The Labute approximate surface area is 146 Å². The van der Waals surface area contributed by atoms with Crippen molar-refractivity contribution in [1.82, 2.24) is 4.98 Å². The van der Waals surface area contributed by atoms with Gasteiger partial charge in [-0.1, -0.05) is 19.6 Å². The summed E-state index contributed by atoms with van der Waals surface area (Å²) in [6.45, 7) is 5.82. The molecule has 0 radical (unpaired) electrons. The lowest BCUT2D eigenvalue weighted by Crippen LogP contribution is -2.09. The monoisotopic (exact) mass is 351 g/mol. The molecule has 2 aromatic rings. The number of fused-ring (bicyclic) bond motifs is 1. The average molecular weight is 351 g/mol. The SMILES string of the molecule is C=Cc1cc(F)c2c(OC)nc(C(=O)OCCC)cc2c1.CSC. The van der Waals surface area contributed by atoms with E-state index in [9.17, 15) is 9.18 Å². The molecule has 0 saturated carbocycles. The van der Waals surface area contributed by atoms with Gasteiger partial charge in [-0.15, -0.1) is 0 Å². The van der Waals surface area contributed by atoms with E-state index in [1.54, 1.807) is 17.8 Å². The van der Waals surface area contributed by atoms with Gasteiger partial charge in [0.1, 0.15) is 5.82 Å². The van der Waals surface area contributed by atoms with Crippen molar-refractivity contribution in [2.45, 2.75) is 13.3 Å². The van der Waals surface area contributed by atoms with Crippen molar-refractivity contribution < 1.29 is 18.7 Å². The van der Waals surface area contributed by atoms with Gasteiger partial charge in [0.2, 0.25) is 5.88 Å². The van der Waals surface area contributed by atoms with Gasteiger partial charge in [0, 0.05) is 0 Å². The van der Waals surface area contributed by atoms with Gasteiger partial charge in [0.15, 0.2) is 5.69 Å². The minimum Gasteiger partial charge on any atom is -0.480 e. The van der Waals surface area contributed by atoms with Gasteiger partial charge in [0.05, 0.1) is 19.1 Å². The van der Waals surface area contributed by atoms with E-state index in [-0.39, 0.29) is 17.0 Å². The molecule has 4 nitrogen and oxygen atoms in total. The first kappa shape index (κ1) is 20.0. The predicted octanol–water partition coefficient (Wildman–Crippen LogP) is 4.57. The number of hydrogen-bond donors (Lipinski definition) is 0. The summed E-state index contributed by atoms with van der Waals surface area (Å²) >= 11 is 1.75. The number of pyridine rings is 1. The normalized spacial score (nSPS) is 9.88. The van der Waals surface area contributed by atoms with Crippen LogP contribution in [0, 0.1) is 5.82 Å². The molecule has 0 fully saturated rings. The third-order valence-electron chi connectivity index (χ3n) is 2.95. The molecule has 0 saturated heterocycles. The summed E-state index contributed by atoms with van der Waals surface area (Å²) in [5, 5.41) is 0.746. The van der Waals surface area contributed by atoms with Crippen LogP contribution in [0.1, 0.15) is 29.4 Å². The third-order valence-corrected chi connectivity index (χ3v) is 2.95. The Hall–Kier alpha value is -2.08. The Morgan fingerprint density at radius 3 is 2.58 bits per heavy atom. The number of benzene rings is 1. The number of aromatic nitrogens is 1. The Bertz CT molecular complexity index is 719. The van der Waals surface area contributed by atoms with Gasteiger partial charge in [-0.3, -0.25) is 0 Å². The molecule has 0 aliphatic heterocycles. The van der Waals surface area contributed by atoms with Crippen LogP contribution in [0.15, 0.2) is 24.8 Å². The molecule has 2 rings (SSSR count). The van der Waals surface area contributed by atoms with Gasteiger partial charge in [-0.25, -0.2) is 14.2 Å². The quantitative estimate of drug-likeness (QED) is 0.739. The van der Waals surface area contributed by atoms with Crippen molar-refractivity contribution in [3.8, 4) is 5.88 Å². The van der Waals surface area contributed by atoms with Gasteiger partial charge in [-0.05, 0) is 48.1 Å². The van der Waals surface area contributed by atoms with Crippen LogP contribution in [-0.2, 0) is 4.74 Å². The molecule has 6 heteroatoms. The number of esters is 1. The molecule has 130 valence electrons. The highest BCUT2D eigenvalue weighted by Gasteiger charge is 2.16. The first-order valence-corrected chi connectivity index (χ1v) is 9.03. The average Bonchev–Trinajstić information content (AvgIpc) is 2.58. The Balaban J connectivity index is 0.000000891. The highest BCUT2D eigenvalue weighted by atomic mass is 32.2. The van der Waals surface area contributed by atoms with Crippen LogP contribution in [-0.4, -0.2) is 37.2 Å². The number of ether oxygens (including phenoxy) is 2. The predicted molar refractivity (Wildman–Crippen MR) is 98.4 cm³/mol. The van der Waals surface area contributed by atoms with Crippen molar-refractivity contribution in [2.24, 2.45) is 0 Å². The number of carbonyl (C=O) groups excluding carboxylic acids is 1. The number of methoxy groups -OCH3 is 1. The zero-order valence-electron chi connectivity index (χ0n) is 14.4. The zero-order valence-corrected chi connectivity index (χ0v) is 15.2. The van der Waals surface area contributed by atoms with Gasteiger partial charge >= 0.3 is 5.97 Å². The summed E-state index contributed by atoms with van der Waals surface area (Å²) in [6, 6.07) is 4.55. The molecule has 0 bridgehead atoms. The third kappa shape index (κ3) is 4.96. The molecule has 0 amide bonds. The van der Waals surface area contributed by atoms with Gasteiger partial charge in [0.25, 0.3) is 0 Å². The highest BCUT2D eigenvalue weighted by Crippen LogP contribution is 2.29.